The molecule has 2 aromatic rings. The molecule has 2 aliphatic rings. The molecule has 2 fully saturated rings. The van der Waals surface area contributed by atoms with Crippen molar-refractivity contribution in [2.24, 2.45) is 0 Å². The Morgan fingerprint density at radius 3 is 2.80 bits per heavy atom. The number of piperidine rings is 1. The van der Waals surface area contributed by atoms with Gasteiger partial charge in [0.2, 0.25) is 5.91 Å². The third kappa shape index (κ3) is 3.47. The fourth-order valence-corrected chi connectivity index (χ4v) is 4.01. The molecule has 1 unspecified atom stereocenters. The second-order valence-electron chi connectivity index (χ2n) is 7.15. The Morgan fingerprint density at radius 1 is 1.24 bits per heavy atom. The van der Waals surface area contributed by atoms with Crippen molar-refractivity contribution in [1.82, 2.24) is 9.88 Å². The number of pyridine rings is 1. The van der Waals surface area contributed by atoms with E-state index in [9.17, 15) is 4.79 Å². The number of nitrogens with zero attached hydrogens (tertiary/aromatic N) is 2. The fourth-order valence-electron chi connectivity index (χ4n) is 4.01. The first-order valence-electron chi connectivity index (χ1n) is 9.25. The van der Waals surface area contributed by atoms with E-state index in [0.29, 0.717) is 12.3 Å². The largest absolute Gasteiger partial charge is 0.397 e. The molecule has 3 heterocycles. The molecule has 1 amide bonds. The molecular formula is C20H25N3O2. The van der Waals surface area contributed by atoms with Crippen molar-refractivity contribution in [3.63, 3.8) is 0 Å². The summed E-state index contributed by atoms with van der Waals surface area (Å²) in [6, 6.07) is 10.1. The number of likely N-dealkylation sites (tertiary alicyclic amines) is 1. The zero-order chi connectivity index (χ0) is 17.2. The molecule has 25 heavy (non-hydrogen) atoms. The Balaban J connectivity index is 1.41. The van der Waals surface area contributed by atoms with E-state index < -0.39 is 0 Å². The van der Waals surface area contributed by atoms with Crippen LogP contribution < -0.4 is 5.73 Å². The maximum Gasteiger partial charge on any atom is 0.225 e. The highest BCUT2D eigenvalue weighted by Crippen LogP contribution is 2.32. The van der Waals surface area contributed by atoms with E-state index in [1.54, 1.807) is 0 Å². The van der Waals surface area contributed by atoms with Gasteiger partial charge in [-0.2, -0.15) is 0 Å². The van der Waals surface area contributed by atoms with Crippen LogP contribution in [0.1, 0.15) is 43.7 Å². The number of nitrogen functional groups attached to an aromatic ring is 1. The molecule has 4 rings (SSSR count). The Hall–Kier alpha value is -2.14. The number of hydrogen-bond donors (Lipinski definition) is 1. The number of para-hydroxylation sites is 1. The number of aromatic nitrogens is 1. The fraction of sp³-hybridized carbons (Fsp3) is 0.500. The van der Waals surface area contributed by atoms with Gasteiger partial charge in [0.15, 0.2) is 0 Å². The summed E-state index contributed by atoms with van der Waals surface area (Å²) >= 11 is 0. The number of fused-ring (bicyclic) bond motifs is 1. The summed E-state index contributed by atoms with van der Waals surface area (Å²) in [6.07, 6.45) is 4.59. The number of anilines is 1. The van der Waals surface area contributed by atoms with Crippen molar-refractivity contribution in [3.8, 4) is 0 Å². The SMILES string of the molecule is Nc1cc2ccccc2nc1C1CCN(C(=O)CC2CCCO2)CC1. The Kier molecular flexibility index (Phi) is 4.57. The number of nitrogens with two attached hydrogens (primary N) is 1. The maximum atomic E-state index is 12.4. The summed E-state index contributed by atoms with van der Waals surface area (Å²) in [6.45, 7) is 2.36. The standard InChI is InChI=1S/C20H25N3O2/c21-17-12-15-4-1-2-6-18(15)22-20(17)14-7-9-23(10-8-14)19(24)13-16-5-3-11-25-16/h1-2,4,6,12,14,16H,3,5,7-11,13,21H2. The van der Waals surface area contributed by atoms with Gasteiger partial charge in [-0.05, 0) is 37.8 Å². The lowest BCUT2D eigenvalue weighted by molar-refractivity contribution is -0.134. The van der Waals surface area contributed by atoms with Gasteiger partial charge < -0.3 is 15.4 Å². The van der Waals surface area contributed by atoms with Crippen LogP contribution in [0.3, 0.4) is 0 Å². The molecule has 5 heteroatoms. The number of rotatable bonds is 3. The van der Waals surface area contributed by atoms with Crippen molar-refractivity contribution in [1.29, 1.82) is 0 Å². The highest BCUT2D eigenvalue weighted by atomic mass is 16.5. The van der Waals surface area contributed by atoms with E-state index in [1.165, 1.54) is 0 Å². The topological polar surface area (TPSA) is 68.5 Å². The molecule has 5 nitrogen and oxygen atoms in total. The summed E-state index contributed by atoms with van der Waals surface area (Å²) in [5.41, 5.74) is 9.01. The summed E-state index contributed by atoms with van der Waals surface area (Å²) in [7, 11) is 0. The number of amides is 1. The second-order valence-corrected chi connectivity index (χ2v) is 7.15. The molecule has 1 aromatic carbocycles. The highest BCUT2D eigenvalue weighted by Gasteiger charge is 2.28. The Bertz CT molecular complexity index is 763. The highest BCUT2D eigenvalue weighted by molar-refractivity contribution is 5.82. The van der Waals surface area contributed by atoms with Crippen molar-refractivity contribution in [2.45, 2.75) is 44.1 Å². The molecule has 0 bridgehead atoms. The maximum absolute atomic E-state index is 12.4. The minimum Gasteiger partial charge on any atom is -0.397 e. The number of benzene rings is 1. The molecule has 0 saturated carbocycles. The molecule has 132 valence electrons. The van der Waals surface area contributed by atoms with Crippen LogP contribution in [0, 0.1) is 0 Å². The van der Waals surface area contributed by atoms with Crippen LogP contribution in [-0.4, -0.2) is 41.6 Å². The minimum absolute atomic E-state index is 0.128. The predicted octanol–water partition coefficient (Wildman–Crippen LogP) is 3.09. The Morgan fingerprint density at radius 2 is 2.04 bits per heavy atom. The number of ether oxygens (including phenoxy) is 1. The lowest BCUT2D eigenvalue weighted by Crippen LogP contribution is -2.39. The summed E-state index contributed by atoms with van der Waals surface area (Å²) < 4.78 is 5.59. The summed E-state index contributed by atoms with van der Waals surface area (Å²) in [5.74, 6) is 0.557. The lowest BCUT2D eigenvalue weighted by Gasteiger charge is -2.32. The van der Waals surface area contributed by atoms with Gasteiger partial charge in [-0.1, -0.05) is 18.2 Å². The van der Waals surface area contributed by atoms with Gasteiger partial charge in [-0.3, -0.25) is 9.78 Å². The van der Waals surface area contributed by atoms with Gasteiger partial charge in [0.1, 0.15) is 0 Å². The average Bonchev–Trinajstić information content (AvgIpc) is 3.14. The van der Waals surface area contributed by atoms with Crippen LogP contribution in [-0.2, 0) is 9.53 Å². The van der Waals surface area contributed by atoms with Gasteiger partial charge >= 0.3 is 0 Å². The van der Waals surface area contributed by atoms with E-state index >= 15 is 0 Å². The van der Waals surface area contributed by atoms with Crippen LogP contribution >= 0.6 is 0 Å². The molecule has 1 aromatic heterocycles. The predicted molar refractivity (Wildman–Crippen MR) is 98.3 cm³/mol. The third-order valence-corrected chi connectivity index (χ3v) is 5.45. The first-order valence-corrected chi connectivity index (χ1v) is 9.25. The van der Waals surface area contributed by atoms with Crippen LogP contribution in [0.5, 0.6) is 0 Å². The lowest BCUT2D eigenvalue weighted by atomic mass is 9.91. The van der Waals surface area contributed by atoms with Gasteiger partial charge in [-0.15, -0.1) is 0 Å². The molecule has 2 saturated heterocycles. The first-order chi connectivity index (χ1) is 12.2. The molecule has 2 aliphatic heterocycles. The molecule has 2 N–H and O–H groups in total. The number of carbonyl (C=O) groups excluding carboxylic acids is 1. The van der Waals surface area contributed by atoms with Gasteiger partial charge in [0.05, 0.1) is 29.4 Å². The van der Waals surface area contributed by atoms with Crippen LogP contribution in [0.4, 0.5) is 5.69 Å². The smallest absolute Gasteiger partial charge is 0.225 e. The van der Waals surface area contributed by atoms with Gasteiger partial charge in [0.25, 0.3) is 0 Å². The van der Waals surface area contributed by atoms with E-state index in [4.69, 9.17) is 15.5 Å². The van der Waals surface area contributed by atoms with Crippen molar-refractivity contribution in [3.05, 3.63) is 36.0 Å². The average molecular weight is 339 g/mol. The van der Waals surface area contributed by atoms with Crippen molar-refractivity contribution in [2.75, 3.05) is 25.4 Å². The van der Waals surface area contributed by atoms with E-state index in [-0.39, 0.29) is 12.0 Å². The zero-order valence-corrected chi connectivity index (χ0v) is 14.5. The zero-order valence-electron chi connectivity index (χ0n) is 14.5. The number of carbonyl (C=O) groups is 1. The second kappa shape index (κ2) is 7.00. The quantitative estimate of drug-likeness (QED) is 0.933. The molecule has 0 aliphatic carbocycles. The van der Waals surface area contributed by atoms with Crippen LogP contribution in [0.25, 0.3) is 10.9 Å². The first kappa shape index (κ1) is 16.3. The normalized spacial score (nSPS) is 21.8. The van der Waals surface area contributed by atoms with Crippen LogP contribution in [0.2, 0.25) is 0 Å². The summed E-state index contributed by atoms with van der Waals surface area (Å²) in [4.78, 5) is 19.2. The van der Waals surface area contributed by atoms with E-state index in [1.807, 2.05) is 35.2 Å². The third-order valence-electron chi connectivity index (χ3n) is 5.45. The molecular weight excluding hydrogens is 314 g/mol. The van der Waals surface area contributed by atoms with Gasteiger partial charge in [-0.25, -0.2) is 0 Å². The molecule has 0 radical (unpaired) electrons. The van der Waals surface area contributed by atoms with E-state index in [2.05, 4.69) is 0 Å². The van der Waals surface area contributed by atoms with Crippen molar-refractivity contribution >= 4 is 22.5 Å². The summed E-state index contributed by atoms with van der Waals surface area (Å²) in [5, 5.41) is 1.08. The minimum atomic E-state index is 0.128. The Labute approximate surface area is 148 Å². The van der Waals surface area contributed by atoms with Gasteiger partial charge in [0, 0.05) is 31.0 Å². The van der Waals surface area contributed by atoms with Crippen molar-refractivity contribution < 1.29 is 9.53 Å². The molecule has 1 atom stereocenters. The van der Waals surface area contributed by atoms with Crippen LogP contribution in [0.15, 0.2) is 30.3 Å². The monoisotopic (exact) mass is 339 g/mol. The van der Waals surface area contributed by atoms with E-state index in [0.717, 1.165) is 67.7 Å². The molecule has 0 spiro atoms. The number of hydrogen-bond acceptors (Lipinski definition) is 4.